The van der Waals surface area contributed by atoms with Gasteiger partial charge in [-0.15, -0.1) is 6.58 Å². The fourth-order valence-corrected chi connectivity index (χ4v) is 10.1. The maximum Gasteiger partial charge on any atom is 0.412 e. The zero-order valence-corrected chi connectivity index (χ0v) is 37.7. The number of nitrogens with one attached hydrogen (secondary N) is 1. The monoisotopic (exact) mass is 900 g/mol. The van der Waals surface area contributed by atoms with Crippen LogP contribution in [0.1, 0.15) is 81.4 Å². The van der Waals surface area contributed by atoms with Crippen LogP contribution in [0.15, 0.2) is 120 Å². The minimum Gasteiger partial charge on any atom is -0.459 e. The normalized spacial score (nSPS) is 22.5. The minimum atomic E-state index is -1.54. The molecule has 4 aromatic carbocycles. The second-order valence-electron chi connectivity index (χ2n) is 16.9. The number of rotatable bonds is 21. The third-order valence-electron chi connectivity index (χ3n) is 12.9. The highest BCUT2D eigenvalue weighted by molar-refractivity contribution is 6.03. The van der Waals surface area contributed by atoms with Crippen molar-refractivity contribution in [2.75, 3.05) is 33.0 Å². The molecule has 0 spiro atoms. The summed E-state index contributed by atoms with van der Waals surface area (Å²) in [6, 6.07) is 24.6. The Kier molecular flexibility index (Phi) is 16.0. The predicted molar refractivity (Wildman–Crippen MR) is 253 cm³/mol. The van der Waals surface area contributed by atoms with Crippen LogP contribution in [0.3, 0.4) is 0 Å². The number of non-ortho nitro benzene ring substituents is 1. The van der Waals surface area contributed by atoms with Crippen LogP contribution in [0.4, 0.5) is 10.5 Å². The van der Waals surface area contributed by atoms with Crippen molar-refractivity contribution in [1.29, 1.82) is 0 Å². The van der Waals surface area contributed by atoms with Crippen molar-refractivity contribution in [1.82, 2.24) is 10.2 Å². The Balaban J connectivity index is 1.47. The largest absolute Gasteiger partial charge is 0.459 e. The molecule has 3 N–H and O–H groups in total. The van der Waals surface area contributed by atoms with Crippen LogP contribution in [0.25, 0.3) is 16.8 Å². The van der Waals surface area contributed by atoms with E-state index in [1.165, 1.54) is 18.2 Å². The lowest BCUT2D eigenvalue weighted by molar-refractivity contribution is -0.384. The summed E-state index contributed by atoms with van der Waals surface area (Å²) in [5.74, 6) is -2.02. The van der Waals surface area contributed by atoms with Gasteiger partial charge in [0, 0.05) is 62.4 Å². The number of hydrogen-bond donors (Lipinski definition) is 3. The van der Waals surface area contributed by atoms with E-state index in [2.05, 4.69) is 18.0 Å². The number of nitro benzene ring substituents is 1. The maximum atomic E-state index is 15.3. The molecule has 6 atom stereocenters. The molecule has 1 heterocycles. The van der Waals surface area contributed by atoms with Crippen molar-refractivity contribution in [2.45, 2.75) is 83.1 Å². The van der Waals surface area contributed by atoms with E-state index >= 15 is 4.79 Å². The van der Waals surface area contributed by atoms with Gasteiger partial charge in [-0.3, -0.25) is 14.9 Å². The van der Waals surface area contributed by atoms with E-state index in [-0.39, 0.29) is 62.1 Å². The molecule has 14 heteroatoms. The summed E-state index contributed by atoms with van der Waals surface area (Å²) in [6.45, 7) is 8.73. The van der Waals surface area contributed by atoms with Crippen LogP contribution in [0.5, 0.6) is 11.5 Å². The number of amides is 2. The molecule has 14 nitrogen and oxygen atoms in total. The highest BCUT2D eigenvalue weighted by Crippen LogP contribution is 2.62. The third-order valence-corrected chi connectivity index (χ3v) is 12.9. The molecule has 66 heavy (non-hydrogen) atoms. The SMILES string of the molecule is C=CCOC12Oc3ccc(OC(=O)NCC)cc3C3C(CCCCO)C(CCCCO)C=C(C(=NOCC)CC1N(Cc1cccc4ccccc14)C(=O)C=Cc1ccc([N+](=O)[O-])cc1)C32. The number of carbonyl (C=O) groups excluding carboxylic acids is 2. The van der Waals surface area contributed by atoms with E-state index in [1.54, 1.807) is 41.3 Å². The molecule has 2 aliphatic carbocycles. The lowest BCUT2D eigenvalue weighted by Crippen LogP contribution is -2.70. The number of oxime groups is 1. The molecule has 0 radical (unpaired) electrons. The molecule has 348 valence electrons. The molecular formula is C52H60N4O10. The number of allylic oxidation sites excluding steroid dienone is 1. The Morgan fingerprint density at radius 2 is 1.76 bits per heavy atom. The van der Waals surface area contributed by atoms with Gasteiger partial charge in [-0.2, -0.15) is 0 Å². The first-order chi connectivity index (χ1) is 32.2. The molecule has 1 aliphatic heterocycles. The van der Waals surface area contributed by atoms with Crippen LogP contribution in [-0.4, -0.2) is 82.5 Å². The summed E-state index contributed by atoms with van der Waals surface area (Å²) in [4.78, 5) is 46.8. The van der Waals surface area contributed by atoms with E-state index < -0.39 is 28.8 Å². The molecule has 2 amide bonds. The van der Waals surface area contributed by atoms with E-state index in [0.29, 0.717) is 48.8 Å². The van der Waals surface area contributed by atoms with Crippen LogP contribution in [0.2, 0.25) is 0 Å². The molecular weight excluding hydrogens is 841 g/mol. The van der Waals surface area contributed by atoms with Crippen molar-refractivity contribution < 1.29 is 43.8 Å². The van der Waals surface area contributed by atoms with E-state index in [4.69, 9.17) is 24.2 Å². The fraction of sp³-hybridized carbons (Fsp3) is 0.404. The fourth-order valence-electron chi connectivity index (χ4n) is 10.1. The van der Waals surface area contributed by atoms with Crippen LogP contribution < -0.4 is 14.8 Å². The molecule has 3 aliphatic rings. The van der Waals surface area contributed by atoms with Crippen LogP contribution in [0, 0.1) is 27.9 Å². The first kappa shape index (κ1) is 47.6. The first-order valence-electron chi connectivity index (χ1n) is 23.0. The summed E-state index contributed by atoms with van der Waals surface area (Å²) in [6.07, 6.45) is 10.9. The predicted octanol–water partition coefficient (Wildman–Crippen LogP) is 9.25. The molecule has 0 bridgehead atoms. The van der Waals surface area contributed by atoms with Gasteiger partial charge in [-0.05, 0) is 115 Å². The Morgan fingerprint density at radius 1 is 1.00 bits per heavy atom. The second-order valence-corrected chi connectivity index (χ2v) is 16.9. The number of unbranched alkanes of at least 4 members (excludes halogenated alkanes) is 2. The van der Waals surface area contributed by atoms with Crippen LogP contribution in [-0.2, 0) is 20.9 Å². The number of carbonyl (C=O) groups is 2. The van der Waals surface area contributed by atoms with Gasteiger partial charge in [0.2, 0.25) is 11.7 Å². The lowest BCUT2D eigenvalue weighted by Gasteiger charge is -2.60. The van der Waals surface area contributed by atoms with Crippen molar-refractivity contribution in [3.8, 4) is 11.5 Å². The maximum absolute atomic E-state index is 15.3. The first-order valence-corrected chi connectivity index (χ1v) is 23.0. The molecule has 0 saturated heterocycles. The van der Waals surface area contributed by atoms with Gasteiger partial charge < -0.3 is 39.5 Å². The van der Waals surface area contributed by atoms with E-state index in [9.17, 15) is 25.1 Å². The zero-order valence-electron chi connectivity index (χ0n) is 37.7. The topological polar surface area (TPSA) is 182 Å². The summed E-state index contributed by atoms with van der Waals surface area (Å²) in [5.41, 5.74) is 3.77. The second kappa shape index (κ2) is 22.2. The minimum absolute atomic E-state index is 0.00364. The summed E-state index contributed by atoms with van der Waals surface area (Å²) in [7, 11) is 0. The van der Waals surface area contributed by atoms with Crippen molar-refractivity contribution in [2.24, 2.45) is 22.9 Å². The number of aliphatic hydroxyl groups is 2. The average Bonchev–Trinajstić information content (AvgIpc) is 3.32. The quantitative estimate of drug-likeness (QED) is 0.0240. The standard InChI is InChI=1S/C52H60N4O10/c1-4-30-63-52-47(55(34-38-17-13-16-36-14-7-8-18-41(36)38)48(59)27-22-35-20-23-39(24-21-35)56(61)62)33-45(54-64-6-3)43-31-37(15-9-11-28-57)42(19-10-12-29-58)49(50(43)52)44-32-40(25-26-46(44)66-52)65-51(60)53-5-2/h4,7-8,13-14,16-18,20-27,31-32,37,42,47,49-50,57-58H,1,5-6,9-12,15,19,28-30,33-34H2,2-3H3,(H,53,60). The van der Waals surface area contributed by atoms with E-state index in [0.717, 1.165) is 53.2 Å². The summed E-state index contributed by atoms with van der Waals surface area (Å²) < 4.78 is 20.3. The van der Waals surface area contributed by atoms with Gasteiger partial charge in [-0.25, -0.2) is 4.79 Å². The number of nitrogens with zero attached hydrogens (tertiary/aromatic N) is 3. The van der Waals surface area contributed by atoms with Crippen molar-refractivity contribution >= 4 is 40.2 Å². The Labute approximate surface area is 385 Å². The Morgan fingerprint density at radius 3 is 2.48 bits per heavy atom. The van der Waals surface area contributed by atoms with Gasteiger partial charge in [0.1, 0.15) is 24.1 Å². The average molecular weight is 901 g/mol. The van der Waals surface area contributed by atoms with Crippen molar-refractivity contribution in [3.63, 3.8) is 0 Å². The van der Waals surface area contributed by atoms with Gasteiger partial charge in [0.15, 0.2) is 0 Å². The molecule has 4 aromatic rings. The Hall–Kier alpha value is -6.35. The van der Waals surface area contributed by atoms with Crippen LogP contribution >= 0.6 is 0 Å². The molecule has 1 fully saturated rings. The van der Waals surface area contributed by atoms with Gasteiger partial charge in [-0.1, -0.05) is 72.6 Å². The van der Waals surface area contributed by atoms with Gasteiger partial charge >= 0.3 is 6.09 Å². The number of benzene rings is 4. The number of fused-ring (bicyclic) bond motifs is 3. The Bertz CT molecular complexity index is 2450. The molecule has 1 saturated carbocycles. The van der Waals surface area contributed by atoms with E-state index in [1.807, 2.05) is 62.4 Å². The third kappa shape index (κ3) is 10.4. The van der Waals surface area contributed by atoms with Crippen molar-refractivity contribution in [3.05, 3.63) is 142 Å². The zero-order chi connectivity index (χ0) is 46.6. The smallest absolute Gasteiger partial charge is 0.412 e. The molecule has 7 rings (SSSR count). The summed E-state index contributed by atoms with van der Waals surface area (Å²) >= 11 is 0. The molecule has 6 unspecified atom stereocenters. The van der Waals surface area contributed by atoms with Gasteiger partial charge in [0.05, 0.1) is 23.2 Å². The number of hydrogen-bond acceptors (Lipinski definition) is 11. The highest BCUT2D eigenvalue weighted by Gasteiger charge is 2.65. The molecule has 0 aromatic heterocycles. The number of nitro groups is 1. The lowest BCUT2D eigenvalue weighted by atomic mass is 9.55. The highest BCUT2D eigenvalue weighted by atomic mass is 16.7. The number of ether oxygens (including phenoxy) is 3. The van der Waals surface area contributed by atoms with Gasteiger partial charge in [0.25, 0.3) is 5.69 Å². The number of aliphatic hydroxyl groups excluding tert-OH is 2. The summed E-state index contributed by atoms with van der Waals surface area (Å²) in [5, 5.41) is 40.9.